The van der Waals surface area contributed by atoms with Gasteiger partial charge in [-0.25, -0.2) is 8.42 Å². The summed E-state index contributed by atoms with van der Waals surface area (Å²) in [6.45, 7) is 4.58. The molecule has 1 aromatic rings. The topological polar surface area (TPSA) is 58.6 Å². The molecule has 0 aromatic heterocycles. The second-order valence-corrected chi connectivity index (χ2v) is 6.85. The quantitative estimate of drug-likeness (QED) is 0.905. The average molecular weight is 298 g/mol. The van der Waals surface area contributed by atoms with Gasteiger partial charge in [-0.1, -0.05) is 12.1 Å². The van der Waals surface area contributed by atoms with E-state index >= 15 is 0 Å². The van der Waals surface area contributed by atoms with Crippen LogP contribution in [-0.4, -0.2) is 46.1 Å². The van der Waals surface area contributed by atoms with Gasteiger partial charge in [0.15, 0.2) is 0 Å². The van der Waals surface area contributed by atoms with Gasteiger partial charge in [0.05, 0.1) is 11.5 Å². The number of nitrogens with one attached hydrogen (secondary N) is 1. The van der Waals surface area contributed by atoms with Gasteiger partial charge in [-0.2, -0.15) is 4.31 Å². The molecule has 1 aliphatic rings. The molecule has 1 fully saturated rings. The molecule has 0 atom stereocenters. The molecule has 1 N–H and O–H groups in total. The van der Waals surface area contributed by atoms with Crippen molar-refractivity contribution < 1.29 is 13.2 Å². The predicted octanol–water partition coefficient (Wildman–Crippen LogP) is 1.13. The van der Waals surface area contributed by atoms with Crippen molar-refractivity contribution in [1.29, 1.82) is 0 Å². The maximum absolute atomic E-state index is 12.8. The third-order valence-corrected chi connectivity index (χ3v) is 5.61. The fraction of sp³-hybridized carbons (Fsp3) is 0.571. The van der Waals surface area contributed by atoms with E-state index in [-0.39, 0.29) is 0 Å². The van der Waals surface area contributed by atoms with Gasteiger partial charge in [0.25, 0.3) is 0 Å². The predicted molar refractivity (Wildman–Crippen MR) is 78.1 cm³/mol. The fourth-order valence-electron chi connectivity index (χ4n) is 2.42. The lowest BCUT2D eigenvalue weighted by Gasteiger charge is -2.21. The number of benzene rings is 1. The first-order chi connectivity index (χ1) is 9.57. The Labute approximate surface area is 121 Å². The summed E-state index contributed by atoms with van der Waals surface area (Å²) in [5.74, 6) is 0. The Balaban J connectivity index is 2.35. The van der Waals surface area contributed by atoms with Crippen LogP contribution in [-0.2, 0) is 21.3 Å². The Hall–Kier alpha value is -0.950. The van der Waals surface area contributed by atoms with Crippen molar-refractivity contribution in [2.75, 3.05) is 33.4 Å². The first kappa shape index (κ1) is 15.4. The monoisotopic (exact) mass is 298 g/mol. The summed E-state index contributed by atoms with van der Waals surface area (Å²) in [7, 11) is -1.58. The summed E-state index contributed by atoms with van der Waals surface area (Å²) in [5, 5.41) is 3.06. The number of sulfonamides is 1. The van der Waals surface area contributed by atoms with E-state index in [1.807, 2.05) is 20.0 Å². The standard InChI is InChI=1S/C14H22N2O3S/c1-12-13(11-15-2)5-3-6-14(12)20(17,18)16-7-4-9-19-10-8-16/h3,5-6,15H,4,7-11H2,1-2H3. The van der Waals surface area contributed by atoms with Crippen molar-refractivity contribution in [1.82, 2.24) is 9.62 Å². The smallest absolute Gasteiger partial charge is 0.243 e. The molecule has 6 heteroatoms. The molecular weight excluding hydrogens is 276 g/mol. The first-order valence-electron chi connectivity index (χ1n) is 6.88. The third-order valence-electron chi connectivity index (χ3n) is 3.56. The zero-order valence-electron chi connectivity index (χ0n) is 12.1. The SMILES string of the molecule is CNCc1cccc(S(=O)(=O)N2CCCOCC2)c1C. The van der Waals surface area contributed by atoms with E-state index in [1.54, 1.807) is 12.1 Å². The Morgan fingerprint density at radius 1 is 1.30 bits per heavy atom. The lowest BCUT2D eigenvalue weighted by molar-refractivity contribution is 0.148. The van der Waals surface area contributed by atoms with Crippen LogP contribution in [0.4, 0.5) is 0 Å². The lowest BCUT2D eigenvalue weighted by atomic mass is 10.1. The summed E-state index contributed by atoms with van der Waals surface area (Å²) in [6.07, 6.45) is 0.745. The van der Waals surface area contributed by atoms with E-state index < -0.39 is 10.0 Å². The highest BCUT2D eigenvalue weighted by atomic mass is 32.2. The summed E-state index contributed by atoms with van der Waals surface area (Å²) < 4.78 is 32.4. The van der Waals surface area contributed by atoms with E-state index in [0.717, 1.165) is 17.5 Å². The van der Waals surface area contributed by atoms with Crippen LogP contribution in [0.1, 0.15) is 17.5 Å². The number of hydrogen-bond donors (Lipinski definition) is 1. The van der Waals surface area contributed by atoms with E-state index in [0.29, 0.717) is 37.7 Å². The molecule has 112 valence electrons. The van der Waals surface area contributed by atoms with E-state index in [4.69, 9.17) is 4.74 Å². The maximum atomic E-state index is 12.8. The Bertz CT molecular complexity index is 550. The summed E-state index contributed by atoms with van der Waals surface area (Å²) in [4.78, 5) is 0.409. The highest BCUT2D eigenvalue weighted by Crippen LogP contribution is 2.23. The average Bonchev–Trinajstić information content (AvgIpc) is 2.70. The van der Waals surface area contributed by atoms with E-state index in [9.17, 15) is 8.42 Å². The van der Waals surface area contributed by atoms with Gasteiger partial charge < -0.3 is 10.1 Å². The minimum absolute atomic E-state index is 0.409. The highest BCUT2D eigenvalue weighted by molar-refractivity contribution is 7.89. The molecule has 0 aliphatic carbocycles. The van der Waals surface area contributed by atoms with Gasteiger partial charge in [0, 0.05) is 26.2 Å². The van der Waals surface area contributed by atoms with Gasteiger partial charge in [-0.05, 0) is 37.6 Å². The fourth-order valence-corrected chi connectivity index (χ4v) is 4.16. The number of nitrogens with zero attached hydrogens (tertiary/aromatic N) is 1. The van der Waals surface area contributed by atoms with Crippen molar-refractivity contribution in [3.63, 3.8) is 0 Å². The molecule has 1 aromatic carbocycles. The van der Waals surface area contributed by atoms with Crippen molar-refractivity contribution in [3.05, 3.63) is 29.3 Å². The minimum Gasteiger partial charge on any atom is -0.380 e. The zero-order chi connectivity index (χ0) is 14.6. The summed E-state index contributed by atoms with van der Waals surface area (Å²) in [5.41, 5.74) is 1.84. The normalized spacial score (nSPS) is 17.9. The van der Waals surface area contributed by atoms with E-state index in [2.05, 4.69) is 5.32 Å². The molecule has 0 bridgehead atoms. The van der Waals surface area contributed by atoms with Crippen LogP contribution in [0.15, 0.2) is 23.1 Å². The molecular formula is C14H22N2O3S. The Morgan fingerprint density at radius 3 is 2.85 bits per heavy atom. The van der Waals surface area contributed by atoms with Gasteiger partial charge in [-0.15, -0.1) is 0 Å². The van der Waals surface area contributed by atoms with Gasteiger partial charge in [0.2, 0.25) is 10.0 Å². The van der Waals surface area contributed by atoms with Crippen LogP contribution in [0.25, 0.3) is 0 Å². The highest BCUT2D eigenvalue weighted by Gasteiger charge is 2.27. The molecule has 0 spiro atoms. The first-order valence-corrected chi connectivity index (χ1v) is 8.32. The number of hydrogen-bond acceptors (Lipinski definition) is 4. The van der Waals surface area contributed by atoms with Gasteiger partial charge >= 0.3 is 0 Å². The van der Waals surface area contributed by atoms with Crippen LogP contribution in [0.3, 0.4) is 0 Å². The van der Waals surface area contributed by atoms with Crippen molar-refractivity contribution >= 4 is 10.0 Å². The van der Waals surface area contributed by atoms with Crippen molar-refractivity contribution in [2.24, 2.45) is 0 Å². The lowest BCUT2D eigenvalue weighted by Crippen LogP contribution is -2.33. The molecule has 0 amide bonds. The van der Waals surface area contributed by atoms with Crippen LogP contribution in [0.2, 0.25) is 0 Å². The second kappa shape index (κ2) is 6.67. The molecule has 20 heavy (non-hydrogen) atoms. The molecule has 0 saturated carbocycles. The summed E-state index contributed by atoms with van der Waals surface area (Å²) >= 11 is 0. The molecule has 1 saturated heterocycles. The van der Waals surface area contributed by atoms with Crippen LogP contribution >= 0.6 is 0 Å². The third kappa shape index (κ3) is 3.20. The van der Waals surface area contributed by atoms with Crippen LogP contribution in [0.5, 0.6) is 0 Å². The summed E-state index contributed by atoms with van der Waals surface area (Å²) in [6, 6.07) is 5.45. The molecule has 5 nitrogen and oxygen atoms in total. The van der Waals surface area contributed by atoms with E-state index in [1.165, 1.54) is 4.31 Å². The van der Waals surface area contributed by atoms with Crippen molar-refractivity contribution in [3.8, 4) is 0 Å². The molecule has 0 unspecified atom stereocenters. The van der Waals surface area contributed by atoms with Crippen LogP contribution < -0.4 is 5.32 Å². The largest absolute Gasteiger partial charge is 0.380 e. The Morgan fingerprint density at radius 2 is 2.10 bits per heavy atom. The van der Waals surface area contributed by atoms with Gasteiger partial charge in [0.1, 0.15) is 0 Å². The molecule has 1 heterocycles. The minimum atomic E-state index is -3.43. The second-order valence-electron chi connectivity index (χ2n) is 4.94. The zero-order valence-corrected chi connectivity index (χ0v) is 12.9. The molecule has 1 aliphatic heterocycles. The molecule has 0 radical (unpaired) electrons. The van der Waals surface area contributed by atoms with Gasteiger partial charge in [-0.3, -0.25) is 0 Å². The molecule has 2 rings (SSSR count). The number of rotatable bonds is 4. The number of ether oxygens (including phenoxy) is 1. The Kier molecular flexibility index (Phi) is 5.15. The maximum Gasteiger partial charge on any atom is 0.243 e. The van der Waals surface area contributed by atoms with Crippen LogP contribution in [0, 0.1) is 6.92 Å². The van der Waals surface area contributed by atoms with Crippen molar-refractivity contribution in [2.45, 2.75) is 24.8 Å².